The normalized spacial score (nSPS) is 14.7. The zero-order chi connectivity index (χ0) is 18.9. The summed E-state index contributed by atoms with van der Waals surface area (Å²) in [5, 5.41) is 2.92. The van der Waals surface area contributed by atoms with E-state index in [2.05, 4.69) is 21.2 Å². The Labute approximate surface area is 161 Å². The van der Waals surface area contributed by atoms with E-state index in [0.29, 0.717) is 5.57 Å². The maximum Gasteiger partial charge on any atom is 0.251 e. The average molecular weight is 436 g/mol. The summed E-state index contributed by atoms with van der Waals surface area (Å²) >= 11 is 3.41. The second-order valence-electron chi connectivity index (χ2n) is 6.18. The number of carbonyl (C=O) groups excluding carboxylic acids is 1. The molecule has 1 unspecified atom stereocenters. The second-order valence-corrected chi connectivity index (χ2v) is 9.11. The number of hydrogen-bond acceptors (Lipinski definition) is 4. The van der Waals surface area contributed by atoms with E-state index in [4.69, 9.17) is 4.74 Å². The van der Waals surface area contributed by atoms with Crippen molar-refractivity contribution in [2.45, 2.75) is 17.9 Å². The summed E-state index contributed by atoms with van der Waals surface area (Å²) < 4.78 is 29.6. The molecule has 0 saturated carbocycles. The van der Waals surface area contributed by atoms with E-state index in [9.17, 15) is 13.2 Å². The number of fused-ring (bicyclic) bond motifs is 1. The highest BCUT2D eigenvalue weighted by Crippen LogP contribution is 2.29. The summed E-state index contributed by atoms with van der Waals surface area (Å²) in [5.41, 5.74) is 2.21. The molecule has 0 spiro atoms. The highest BCUT2D eigenvalue weighted by molar-refractivity contribution is 9.10. The summed E-state index contributed by atoms with van der Waals surface area (Å²) in [4.78, 5) is 12.8. The van der Waals surface area contributed by atoms with Gasteiger partial charge in [-0.15, -0.1) is 0 Å². The van der Waals surface area contributed by atoms with E-state index in [-0.39, 0.29) is 23.5 Å². The number of ether oxygens (including phenoxy) is 1. The van der Waals surface area contributed by atoms with Crippen LogP contribution in [0.2, 0.25) is 0 Å². The molecular formula is C19H18BrNO4S. The number of hydrogen-bond donors (Lipinski definition) is 1. The molecule has 0 aromatic heterocycles. The van der Waals surface area contributed by atoms with Crippen molar-refractivity contribution in [1.29, 1.82) is 0 Å². The third-order valence-corrected chi connectivity index (χ3v) is 5.75. The number of benzene rings is 2. The maximum atomic E-state index is 12.5. The van der Waals surface area contributed by atoms with Crippen molar-refractivity contribution in [2.75, 3.05) is 12.9 Å². The first-order valence-electron chi connectivity index (χ1n) is 7.98. The van der Waals surface area contributed by atoms with Gasteiger partial charge in [-0.25, -0.2) is 8.42 Å². The average Bonchev–Trinajstić information content (AvgIpc) is 2.60. The standard InChI is InChI=1S/C19H18BrNO4S/c1-12(13-3-6-17(7-4-13)26(2,23)24)21-19(22)15-9-14-10-16(20)5-8-18(14)25-11-15/h3-10,12H,11H2,1-2H3,(H,21,22). The lowest BCUT2D eigenvalue weighted by molar-refractivity contribution is -0.118. The van der Waals surface area contributed by atoms with Crippen LogP contribution in [-0.2, 0) is 14.6 Å². The molecule has 0 bridgehead atoms. The molecule has 1 N–H and O–H groups in total. The van der Waals surface area contributed by atoms with Crippen molar-refractivity contribution < 1.29 is 17.9 Å². The van der Waals surface area contributed by atoms with Crippen LogP contribution in [0.25, 0.3) is 6.08 Å². The van der Waals surface area contributed by atoms with Gasteiger partial charge in [0.15, 0.2) is 9.84 Å². The van der Waals surface area contributed by atoms with Crippen LogP contribution in [0.3, 0.4) is 0 Å². The molecule has 1 amide bonds. The Bertz CT molecular complexity index is 981. The summed E-state index contributed by atoms with van der Waals surface area (Å²) in [6.07, 6.45) is 2.98. The summed E-state index contributed by atoms with van der Waals surface area (Å²) in [5.74, 6) is 0.532. The largest absolute Gasteiger partial charge is 0.488 e. The van der Waals surface area contributed by atoms with E-state index < -0.39 is 9.84 Å². The Kier molecular flexibility index (Phi) is 5.20. The van der Waals surface area contributed by atoms with Gasteiger partial charge >= 0.3 is 0 Å². The molecule has 1 heterocycles. The summed E-state index contributed by atoms with van der Waals surface area (Å²) in [6, 6.07) is 11.9. The number of sulfone groups is 1. The Balaban J connectivity index is 1.73. The van der Waals surface area contributed by atoms with Gasteiger partial charge in [-0.1, -0.05) is 28.1 Å². The van der Waals surface area contributed by atoms with E-state index >= 15 is 0 Å². The molecule has 0 fully saturated rings. The van der Waals surface area contributed by atoms with Crippen molar-refractivity contribution in [3.8, 4) is 5.75 Å². The van der Waals surface area contributed by atoms with Crippen LogP contribution in [0, 0.1) is 0 Å². The van der Waals surface area contributed by atoms with Crippen LogP contribution in [0.1, 0.15) is 24.1 Å². The Morgan fingerprint density at radius 1 is 1.19 bits per heavy atom. The molecular weight excluding hydrogens is 418 g/mol. The van der Waals surface area contributed by atoms with Crippen LogP contribution in [-0.4, -0.2) is 27.2 Å². The lowest BCUT2D eigenvalue weighted by Gasteiger charge is -2.20. The van der Waals surface area contributed by atoms with Crippen LogP contribution in [0.5, 0.6) is 5.75 Å². The van der Waals surface area contributed by atoms with Crippen LogP contribution < -0.4 is 10.1 Å². The number of amides is 1. The highest BCUT2D eigenvalue weighted by Gasteiger charge is 2.19. The molecule has 1 aliphatic rings. The Morgan fingerprint density at radius 2 is 1.88 bits per heavy atom. The minimum atomic E-state index is -3.23. The predicted molar refractivity (Wildman–Crippen MR) is 104 cm³/mol. The number of halogens is 1. The molecule has 0 aliphatic carbocycles. The zero-order valence-electron chi connectivity index (χ0n) is 14.3. The number of nitrogens with one attached hydrogen (secondary N) is 1. The Hall–Kier alpha value is -2.12. The molecule has 1 atom stereocenters. The van der Waals surface area contributed by atoms with Gasteiger partial charge in [0.25, 0.3) is 5.91 Å². The number of rotatable bonds is 4. The second kappa shape index (κ2) is 7.25. The van der Waals surface area contributed by atoms with Crippen molar-refractivity contribution in [3.63, 3.8) is 0 Å². The topological polar surface area (TPSA) is 72.5 Å². The van der Waals surface area contributed by atoms with Crippen molar-refractivity contribution in [2.24, 2.45) is 0 Å². The summed E-state index contributed by atoms with van der Waals surface area (Å²) in [6.45, 7) is 2.06. The van der Waals surface area contributed by atoms with Gasteiger partial charge in [-0.3, -0.25) is 4.79 Å². The molecule has 1 aliphatic heterocycles. The first-order valence-corrected chi connectivity index (χ1v) is 10.7. The fourth-order valence-electron chi connectivity index (χ4n) is 2.66. The molecule has 5 nitrogen and oxygen atoms in total. The fraction of sp³-hybridized carbons (Fsp3) is 0.211. The van der Waals surface area contributed by atoms with Crippen molar-refractivity contribution in [1.82, 2.24) is 5.32 Å². The molecule has 2 aromatic carbocycles. The summed E-state index contributed by atoms with van der Waals surface area (Å²) in [7, 11) is -3.23. The minimum absolute atomic E-state index is 0.209. The van der Waals surface area contributed by atoms with Gasteiger partial charge < -0.3 is 10.1 Å². The van der Waals surface area contributed by atoms with Gasteiger partial charge in [-0.2, -0.15) is 0 Å². The molecule has 0 saturated heterocycles. The minimum Gasteiger partial charge on any atom is -0.488 e. The van der Waals surface area contributed by atoms with E-state index in [1.165, 1.54) is 6.26 Å². The Morgan fingerprint density at radius 3 is 2.54 bits per heavy atom. The quantitative estimate of drug-likeness (QED) is 0.797. The third-order valence-electron chi connectivity index (χ3n) is 4.13. The molecule has 2 aromatic rings. The van der Waals surface area contributed by atoms with E-state index in [1.807, 2.05) is 31.2 Å². The van der Waals surface area contributed by atoms with E-state index in [1.54, 1.807) is 24.3 Å². The van der Waals surface area contributed by atoms with Crippen molar-refractivity contribution >= 4 is 37.8 Å². The zero-order valence-corrected chi connectivity index (χ0v) is 16.7. The van der Waals surface area contributed by atoms with Gasteiger partial charge in [0, 0.05) is 16.3 Å². The highest BCUT2D eigenvalue weighted by atomic mass is 79.9. The van der Waals surface area contributed by atoms with Gasteiger partial charge in [-0.05, 0) is 48.9 Å². The van der Waals surface area contributed by atoms with Gasteiger partial charge in [0.05, 0.1) is 16.5 Å². The molecule has 7 heteroatoms. The third kappa shape index (κ3) is 4.16. The lowest BCUT2D eigenvalue weighted by atomic mass is 10.1. The maximum absolute atomic E-state index is 12.5. The van der Waals surface area contributed by atoms with Crippen LogP contribution >= 0.6 is 15.9 Å². The van der Waals surface area contributed by atoms with Crippen molar-refractivity contribution in [3.05, 3.63) is 63.6 Å². The fourth-order valence-corrected chi connectivity index (χ4v) is 3.67. The van der Waals surface area contributed by atoms with Crippen LogP contribution in [0.4, 0.5) is 0 Å². The SMILES string of the molecule is CC(NC(=O)C1=Cc2cc(Br)ccc2OC1)c1ccc(S(C)(=O)=O)cc1. The smallest absolute Gasteiger partial charge is 0.251 e. The molecule has 3 rings (SSSR count). The van der Waals surface area contributed by atoms with Gasteiger partial charge in [0.2, 0.25) is 0 Å². The van der Waals surface area contributed by atoms with E-state index in [0.717, 1.165) is 21.3 Å². The monoisotopic (exact) mass is 435 g/mol. The predicted octanol–water partition coefficient (Wildman–Crippen LogP) is 3.51. The number of carbonyl (C=O) groups is 1. The molecule has 0 radical (unpaired) electrons. The molecule has 26 heavy (non-hydrogen) atoms. The van der Waals surface area contributed by atoms with Gasteiger partial charge in [0.1, 0.15) is 12.4 Å². The lowest BCUT2D eigenvalue weighted by Crippen LogP contribution is -2.30. The van der Waals surface area contributed by atoms with Crippen LogP contribution in [0.15, 0.2) is 57.4 Å². The first-order chi connectivity index (χ1) is 12.2. The first kappa shape index (κ1) is 18.7. The molecule has 136 valence electrons.